The molecule has 0 fully saturated rings. The Labute approximate surface area is 105 Å². The molecule has 1 aromatic carbocycles. The average Bonchev–Trinajstić information content (AvgIpc) is 2.94. The highest BCUT2D eigenvalue weighted by molar-refractivity contribution is 5.84. The van der Waals surface area contributed by atoms with Crippen molar-refractivity contribution in [2.24, 2.45) is 7.05 Å². The fourth-order valence-electron chi connectivity index (χ4n) is 2.39. The van der Waals surface area contributed by atoms with Crippen molar-refractivity contribution in [3.05, 3.63) is 35.3 Å². The van der Waals surface area contributed by atoms with Crippen molar-refractivity contribution < 1.29 is 9.53 Å². The number of hydrogen-bond donors (Lipinski definition) is 0. The van der Waals surface area contributed by atoms with E-state index in [1.807, 2.05) is 30.7 Å². The molecule has 0 saturated carbocycles. The zero-order valence-corrected chi connectivity index (χ0v) is 10.4. The zero-order valence-electron chi connectivity index (χ0n) is 10.4. The topological polar surface area (TPSA) is 44.1 Å². The number of aryl methyl sites for hydroxylation is 1. The molecule has 0 spiro atoms. The van der Waals surface area contributed by atoms with Crippen molar-refractivity contribution in [1.82, 2.24) is 9.55 Å². The van der Waals surface area contributed by atoms with Crippen LogP contribution in [0.1, 0.15) is 21.9 Å². The summed E-state index contributed by atoms with van der Waals surface area (Å²) in [4.78, 5) is 15.4. The molecule has 3 rings (SSSR count). The van der Waals surface area contributed by atoms with E-state index in [0.717, 1.165) is 42.1 Å². The van der Waals surface area contributed by atoms with Gasteiger partial charge in [0.05, 0.1) is 12.3 Å². The van der Waals surface area contributed by atoms with Crippen LogP contribution >= 0.6 is 0 Å². The molecule has 1 aliphatic heterocycles. The van der Waals surface area contributed by atoms with Gasteiger partial charge in [-0.25, -0.2) is 4.98 Å². The van der Waals surface area contributed by atoms with Crippen LogP contribution in [0.3, 0.4) is 0 Å². The van der Waals surface area contributed by atoms with E-state index >= 15 is 0 Å². The number of carbonyl (C=O) groups is 1. The Bertz CT molecular complexity index is 629. The highest BCUT2D eigenvalue weighted by Gasteiger charge is 2.17. The molecule has 4 nitrogen and oxygen atoms in total. The molecular formula is C14H14N2O2. The second-order valence-electron chi connectivity index (χ2n) is 4.49. The summed E-state index contributed by atoms with van der Waals surface area (Å²) < 4.78 is 7.44. The molecule has 0 atom stereocenters. The Morgan fingerprint density at radius 1 is 1.44 bits per heavy atom. The van der Waals surface area contributed by atoms with E-state index in [2.05, 4.69) is 11.1 Å². The van der Waals surface area contributed by atoms with Crippen molar-refractivity contribution in [3.63, 3.8) is 0 Å². The number of hydrogen-bond acceptors (Lipinski definition) is 3. The van der Waals surface area contributed by atoms with Gasteiger partial charge in [0.1, 0.15) is 17.3 Å². The van der Waals surface area contributed by atoms with Gasteiger partial charge in [-0.1, -0.05) is 0 Å². The molecule has 1 aromatic heterocycles. The van der Waals surface area contributed by atoms with Crippen LogP contribution < -0.4 is 4.74 Å². The second kappa shape index (κ2) is 3.98. The molecule has 92 valence electrons. The van der Waals surface area contributed by atoms with Crippen LogP contribution in [0.15, 0.2) is 18.2 Å². The van der Waals surface area contributed by atoms with Gasteiger partial charge in [0.25, 0.3) is 0 Å². The third kappa shape index (κ3) is 1.53. The Morgan fingerprint density at radius 3 is 3.06 bits per heavy atom. The van der Waals surface area contributed by atoms with Crippen LogP contribution in [0.2, 0.25) is 0 Å². The van der Waals surface area contributed by atoms with E-state index in [4.69, 9.17) is 4.74 Å². The highest BCUT2D eigenvalue weighted by Crippen LogP contribution is 2.31. The molecule has 18 heavy (non-hydrogen) atoms. The lowest BCUT2D eigenvalue weighted by Gasteiger charge is -2.06. The first-order valence-corrected chi connectivity index (χ1v) is 5.95. The summed E-state index contributed by atoms with van der Waals surface area (Å²) in [7, 11) is 1.92. The maximum atomic E-state index is 11.1. The van der Waals surface area contributed by atoms with Crippen LogP contribution in [0, 0.1) is 6.92 Å². The molecule has 0 N–H and O–H groups in total. The fraction of sp³-hybridized carbons (Fsp3) is 0.286. The lowest BCUT2D eigenvalue weighted by Crippen LogP contribution is -1.96. The Morgan fingerprint density at radius 2 is 2.28 bits per heavy atom. The van der Waals surface area contributed by atoms with Crippen LogP contribution in [0.25, 0.3) is 11.3 Å². The second-order valence-corrected chi connectivity index (χ2v) is 4.49. The number of rotatable bonds is 2. The lowest BCUT2D eigenvalue weighted by atomic mass is 10.1. The fourth-order valence-corrected chi connectivity index (χ4v) is 2.39. The lowest BCUT2D eigenvalue weighted by molar-refractivity contribution is 0.112. The van der Waals surface area contributed by atoms with E-state index in [1.54, 1.807) is 0 Å². The number of aromatic nitrogens is 2. The maximum Gasteiger partial charge on any atom is 0.170 e. The van der Waals surface area contributed by atoms with E-state index < -0.39 is 0 Å². The summed E-state index contributed by atoms with van der Waals surface area (Å²) in [6, 6.07) is 6.04. The van der Waals surface area contributed by atoms with Gasteiger partial charge in [-0.05, 0) is 30.7 Å². The first-order valence-electron chi connectivity index (χ1n) is 5.95. The predicted molar refractivity (Wildman–Crippen MR) is 68.0 cm³/mol. The quantitative estimate of drug-likeness (QED) is 0.758. The number of nitrogens with zero attached hydrogens (tertiary/aromatic N) is 2. The standard InChI is InChI=1S/C14H14N2O2/c1-9-15-12(8-17)14(16(9)2)11-3-4-13-10(7-11)5-6-18-13/h3-4,7-8H,5-6H2,1-2H3. The van der Waals surface area contributed by atoms with Crippen LogP contribution in [0.5, 0.6) is 5.75 Å². The molecule has 0 amide bonds. The monoisotopic (exact) mass is 242 g/mol. The van der Waals surface area contributed by atoms with Crippen molar-refractivity contribution in [2.75, 3.05) is 6.61 Å². The molecule has 0 bridgehead atoms. The Kier molecular flexibility index (Phi) is 2.44. The minimum absolute atomic E-state index is 0.494. The van der Waals surface area contributed by atoms with Gasteiger partial charge in [0.2, 0.25) is 0 Å². The summed E-state index contributed by atoms with van der Waals surface area (Å²) in [6.45, 7) is 2.64. The van der Waals surface area contributed by atoms with Crippen LogP contribution in [-0.2, 0) is 13.5 Å². The molecule has 0 radical (unpaired) electrons. The van der Waals surface area contributed by atoms with Crippen molar-refractivity contribution in [2.45, 2.75) is 13.3 Å². The largest absolute Gasteiger partial charge is 0.493 e. The van der Waals surface area contributed by atoms with Crippen LogP contribution in [-0.4, -0.2) is 22.4 Å². The normalized spacial score (nSPS) is 13.2. The molecule has 2 heterocycles. The molecule has 0 aliphatic carbocycles. The van der Waals surface area contributed by atoms with Gasteiger partial charge < -0.3 is 9.30 Å². The van der Waals surface area contributed by atoms with Gasteiger partial charge in [-0.3, -0.25) is 4.79 Å². The molecular weight excluding hydrogens is 228 g/mol. The molecule has 1 aliphatic rings. The zero-order chi connectivity index (χ0) is 12.7. The highest BCUT2D eigenvalue weighted by atomic mass is 16.5. The van der Waals surface area contributed by atoms with Gasteiger partial charge in [0.15, 0.2) is 6.29 Å². The Balaban J connectivity index is 2.18. The number of benzene rings is 1. The van der Waals surface area contributed by atoms with Gasteiger partial charge >= 0.3 is 0 Å². The van der Waals surface area contributed by atoms with Crippen LogP contribution in [0.4, 0.5) is 0 Å². The number of aldehydes is 1. The number of fused-ring (bicyclic) bond motifs is 1. The number of imidazole rings is 1. The minimum Gasteiger partial charge on any atom is -0.493 e. The smallest absolute Gasteiger partial charge is 0.170 e. The molecule has 0 unspecified atom stereocenters. The van der Waals surface area contributed by atoms with Gasteiger partial charge in [-0.2, -0.15) is 0 Å². The van der Waals surface area contributed by atoms with Crippen molar-refractivity contribution in [1.29, 1.82) is 0 Å². The number of ether oxygens (including phenoxy) is 1. The summed E-state index contributed by atoms with van der Waals surface area (Å²) >= 11 is 0. The minimum atomic E-state index is 0.494. The molecule has 4 heteroatoms. The van der Waals surface area contributed by atoms with E-state index in [-0.39, 0.29) is 0 Å². The maximum absolute atomic E-state index is 11.1. The third-order valence-corrected chi connectivity index (χ3v) is 3.42. The van der Waals surface area contributed by atoms with Crippen molar-refractivity contribution >= 4 is 6.29 Å². The third-order valence-electron chi connectivity index (χ3n) is 3.42. The first kappa shape index (κ1) is 11.0. The summed E-state index contributed by atoms with van der Waals surface area (Å²) in [6.07, 6.45) is 1.74. The van der Waals surface area contributed by atoms with E-state index in [9.17, 15) is 4.79 Å². The molecule has 0 saturated heterocycles. The summed E-state index contributed by atoms with van der Waals surface area (Å²) in [5, 5.41) is 0. The number of carbonyl (C=O) groups excluding carboxylic acids is 1. The Hall–Kier alpha value is -2.10. The van der Waals surface area contributed by atoms with E-state index in [0.29, 0.717) is 5.69 Å². The SMILES string of the molecule is Cc1nc(C=O)c(-c2ccc3c(c2)CCO3)n1C. The van der Waals surface area contributed by atoms with E-state index in [1.165, 1.54) is 5.56 Å². The average molecular weight is 242 g/mol. The predicted octanol–water partition coefficient (Wildman–Crippen LogP) is 2.14. The first-order chi connectivity index (χ1) is 8.70. The summed E-state index contributed by atoms with van der Waals surface area (Å²) in [5.41, 5.74) is 3.58. The molecule has 2 aromatic rings. The summed E-state index contributed by atoms with van der Waals surface area (Å²) in [5.74, 6) is 1.79. The van der Waals surface area contributed by atoms with Crippen molar-refractivity contribution in [3.8, 4) is 17.0 Å². The van der Waals surface area contributed by atoms with Gasteiger partial charge in [0, 0.05) is 19.0 Å². The van der Waals surface area contributed by atoms with Gasteiger partial charge in [-0.15, -0.1) is 0 Å².